The molecule has 1 atom stereocenters. The summed E-state index contributed by atoms with van der Waals surface area (Å²) in [5.74, 6) is -1.07. The van der Waals surface area contributed by atoms with E-state index in [1.54, 1.807) is 61.5 Å². The number of ether oxygens (including phenoxy) is 1. The highest BCUT2D eigenvalue weighted by Gasteiger charge is 2.49. The van der Waals surface area contributed by atoms with Gasteiger partial charge in [-0.2, -0.15) is 10.3 Å². The Morgan fingerprint density at radius 3 is 2.56 bits per heavy atom. The van der Waals surface area contributed by atoms with Crippen LogP contribution in [-0.2, 0) is 15.1 Å². The van der Waals surface area contributed by atoms with E-state index in [0.29, 0.717) is 10.6 Å². The standard InChI is InChI=1S/C19H16N4O4/c1-19(14-8-3-2-4-9-14)17(25)23(18(26)21-19)22-16(24)12-27-15-10-6-5-7-13(15)11-20/h2-10H,12H2,1H3,(H,21,26)(H,22,24)/t19-/m1/s1. The van der Waals surface area contributed by atoms with Crippen LogP contribution in [0.4, 0.5) is 4.79 Å². The Morgan fingerprint density at radius 1 is 1.19 bits per heavy atom. The number of hydrazine groups is 1. The monoisotopic (exact) mass is 364 g/mol. The number of nitrogens with zero attached hydrogens (tertiary/aromatic N) is 2. The van der Waals surface area contributed by atoms with E-state index in [4.69, 9.17) is 10.00 Å². The summed E-state index contributed by atoms with van der Waals surface area (Å²) in [7, 11) is 0. The Balaban J connectivity index is 1.67. The first kappa shape index (κ1) is 17.9. The number of rotatable bonds is 5. The van der Waals surface area contributed by atoms with Crippen molar-refractivity contribution in [1.82, 2.24) is 15.8 Å². The summed E-state index contributed by atoms with van der Waals surface area (Å²) in [6.45, 7) is 1.10. The van der Waals surface area contributed by atoms with Gasteiger partial charge < -0.3 is 10.1 Å². The maximum atomic E-state index is 12.7. The number of amides is 4. The summed E-state index contributed by atoms with van der Waals surface area (Å²) >= 11 is 0. The Hall–Kier alpha value is -3.86. The molecule has 3 rings (SSSR count). The number of urea groups is 1. The Bertz CT molecular complexity index is 938. The zero-order chi connectivity index (χ0) is 19.4. The smallest absolute Gasteiger partial charge is 0.344 e. The van der Waals surface area contributed by atoms with Crippen LogP contribution in [0.15, 0.2) is 54.6 Å². The molecule has 27 heavy (non-hydrogen) atoms. The number of carbonyl (C=O) groups excluding carboxylic acids is 3. The molecule has 2 N–H and O–H groups in total. The quantitative estimate of drug-likeness (QED) is 0.780. The van der Waals surface area contributed by atoms with Crippen LogP contribution >= 0.6 is 0 Å². The highest BCUT2D eigenvalue weighted by Crippen LogP contribution is 2.27. The summed E-state index contributed by atoms with van der Waals surface area (Å²) in [4.78, 5) is 37.0. The van der Waals surface area contributed by atoms with Crippen molar-refractivity contribution in [3.63, 3.8) is 0 Å². The Labute approximate surface area is 155 Å². The molecule has 1 fully saturated rings. The van der Waals surface area contributed by atoms with E-state index < -0.39 is 30.0 Å². The minimum absolute atomic E-state index is 0.237. The van der Waals surface area contributed by atoms with Gasteiger partial charge in [-0.15, -0.1) is 0 Å². The predicted octanol–water partition coefficient (Wildman–Crippen LogP) is 1.44. The zero-order valence-corrected chi connectivity index (χ0v) is 14.4. The minimum atomic E-state index is -1.28. The van der Waals surface area contributed by atoms with Crippen LogP contribution in [0.2, 0.25) is 0 Å². The van der Waals surface area contributed by atoms with Crippen LogP contribution in [0, 0.1) is 11.3 Å². The zero-order valence-electron chi connectivity index (χ0n) is 14.4. The Morgan fingerprint density at radius 2 is 1.85 bits per heavy atom. The van der Waals surface area contributed by atoms with Crippen molar-refractivity contribution >= 4 is 17.8 Å². The van der Waals surface area contributed by atoms with E-state index in [1.807, 2.05) is 6.07 Å². The average molecular weight is 364 g/mol. The number of nitriles is 1. The van der Waals surface area contributed by atoms with Crippen molar-refractivity contribution in [2.75, 3.05) is 6.61 Å². The van der Waals surface area contributed by atoms with E-state index in [1.165, 1.54) is 0 Å². The van der Waals surface area contributed by atoms with Crippen molar-refractivity contribution in [2.24, 2.45) is 0 Å². The highest BCUT2D eigenvalue weighted by molar-refractivity contribution is 6.08. The lowest BCUT2D eigenvalue weighted by atomic mass is 9.92. The fourth-order valence-electron chi connectivity index (χ4n) is 2.69. The van der Waals surface area contributed by atoms with Crippen LogP contribution in [-0.4, -0.2) is 29.5 Å². The minimum Gasteiger partial charge on any atom is -0.482 e. The number of carbonyl (C=O) groups is 3. The third kappa shape index (κ3) is 3.43. The van der Waals surface area contributed by atoms with Crippen molar-refractivity contribution in [1.29, 1.82) is 5.26 Å². The summed E-state index contributed by atoms with van der Waals surface area (Å²) in [6, 6.07) is 16.4. The SMILES string of the molecule is C[C@]1(c2ccccc2)NC(=O)N(NC(=O)COc2ccccc2C#N)C1=O. The fourth-order valence-corrected chi connectivity index (χ4v) is 2.69. The van der Waals surface area contributed by atoms with Crippen LogP contribution in [0.3, 0.4) is 0 Å². The molecule has 0 spiro atoms. The normalized spacial score (nSPS) is 18.6. The van der Waals surface area contributed by atoms with Gasteiger partial charge in [0.15, 0.2) is 6.61 Å². The molecule has 2 aromatic carbocycles. The lowest BCUT2D eigenvalue weighted by molar-refractivity contribution is -0.139. The van der Waals surface area contributed by atoms with Crippen LogP contribution < -0.4 is 15.5 Å². The highest BCUT2D eigenvalue weighted by atomic mass is 16.5. The van der Waals surface area contributed by atoms with Gasteiger partial charge in [-0.1, -0.05) is 42.5 Å². The predicted molar refractivity (Wildman–Crippen MR) is 94.0 cm³/mol. The molecule has 4 amide bonds. The first-order valence-corrected chi connectivity index (χ1v) is 8.09. The van der Waals surface area contributed by atoms with E-state index >= 15 is 0 Å². The Kier molecular flexibility index (Phi) is 4.77. The molecule has 0 aliphatic carbocycles. The van der Waals surface area contributed by atoms with Crippen LogP contribution in [0.1, 0.15) is 18.1 Å². The molecule has 1 saturated heterocycles. The second-order valence-corrected chi connectivity index (χ2v) is 5.99. The first-order chi connectivity index (χ1) is 13.0. The van der Waals surface area contributed by atoms with Gasteiger partial charge >= 0.3 is 6.03 Å². The van der Waals surface area contributed by atoms with Crippen molar-refractivity contribution < 1.29 is 19.1 Å². The van der Waals surface area contributed by atoms with E-state index in [2.05, 4.69) is 10.7 Å². The summed E-state index contributed by atoms with van der Waals surface area (Å²) in [5, 5.41) is 12.2. The van der Waals surface area contributed by atoms with E-state index in [-0.39, 0.29) is 11.3 Å². The molecule has 0 bridgehead atoms. The largest absolute Gasteiger partial charge is 0.482 e. The summed E-state index contributed by atoms with van der Waals surface area (Å²) < 4.78 is 5.30. The number of hydrogen-bond donors (Lipinski definition) is 2. The molecule has 2 aromatic rings. The molecule has 0 saturated carbocycles. The molecule has 1 aliphatic rings. The van der Waals surface area contributed by atoms with Gasteiger partial charge in [0.05, 0.1) is 5.56 Å². The van der Waals surface area contributed by atoms with Crippen molar-refractivity contribution in [3.05, 3.63) is 65.7 Å². The van der Waals surface area contributed by atoms with Gasteiger partial charge in [-0.3, -0.25) is 15.0 Å². The van der Waals surface area contributed by atoms with Crippen LogP contribution in [0.5, 0.6) is 5.75 Å². The molecule has 1 heterocycles. The van der Waals surface area contributed by atoms with Gasteiger partial charge in [0.2, 0.25) is 0 Å². The maximum Gasteiger partial charge on any atom is 0.344 e. The number of hydrogen-bond acceptors (Lipinski definition) is 5. The van der Waals surface area contributed by atoms with Gasteiger partial charge in [0.1, 0.15) is 17.4 Å². The molecule has 0 unspecified atom stereocenters. The second-order valence-electron chi connectivity index (χ2n) is 5.99. The third-order valence-corrected chi connectivity index (χ3v) is 4.14. The lowest BCUT2D eigenvalue weighted by Crippen LogP contribution is -2.49. The molecule has 0 aromatic heterocycles. The molecule has 8 nitrogen and oxygen atoms in total. The van der Waals surface area contributed by atoms with Gasteiger partial charge in [0.25, 0.3) is 11.8 Å². The average Bonchev–Trinajstić information content (AvgIpc) is 2.91. The number of para-hydroxylation sites is 1. The summed E-state index contributed by atoms with van der Waals surface area (Å²) in [6.07, 6.45) is 0. The van der Waals surface area contributed by atoms with Gasteiger partial charge in [0, 0.05) is 0 Å². The maximum absolute atomic E-state index is 12.7. The van der Waals surface area contributed by atoms with E-state index in [9.17, 15) is 14.4 Å². The molecule has 136 valence electrons. The van der Waals surface area contributed by atoms with Gasteiger partial charge in [-0.25, -0.2) is 4.79 Å². The van der Waals surface area contributed by atoms with Gasteiger partial charge in [-0.05, 0) is 24.6 Å². The van der Waals surface area contributed by atoms with Crippen molar-refractivity contribution in [3.8, 4) is 11.8 Å². The topological polar surface area (TPSA) is 112 Å². The fraction of sp³-hybridized carbons (Fsp3) is 0.158. The molecular weight excluding hydrogens is 348 g/mol. The first-order valence-electron chi connectivity index (χ1n) is 8.09. The molecule has 1 aliphatic heterocycles. The lowest BCUT2D eigenvalue weighted by Gasteiger charge is -2.22. The second kappa shape index (κ2) is 7.17. The van der Waals surface area contributed by atoms with Crippen molar-refractivity contribution in [2.45, 2.75) is 12.5 Å². The summed E-state index contributed by atoms with van der Waals surface area (Å²) in [5.41, 5.74) is 1.83. The molecule has 0 radical (unpaired) electrons. The van der Waals surface area contributed by atoms with Crippen LogP contribution in [0.25, 0.3) is 0 Å². The number of nitrogens with one attached hydrogen (secondary N) is 2. The molecule has 8 heteroatoms. The van der Waals surface area contributed by atoms with E-state index in [0.717, 1.165) is 0 Å². The molecular formula is C19H16N4O4. The number of benzene rings is 2. The third-order valence-electron chi connectivity index (χ3n) is 4.14. The number of imide groups is 1.